The van der Waals surface area contributed by atoms with Crippen LogP contribution in [-0.4, -0.2) is 34.1 Å². The molecule has 1 atom stereocenters. The van der Waals surface area contributed by atoms with Crippen molar-refractivity contribution in [2.75, 3.05) is 12.0 Å². The highest BCUT2D eigenvalue weighted by molar-refractivity contribution is 9.10. The van der Waals surface area contributed by atoms with Crippen LogP contribution in [0.3, 0.4) is 0 Å². The lowest BCUT2D eigenvalue weighted by Gasteiger charge is -2.23. The van der Waals surface area contributed by atoms with Crippen LogP contribution >= 0.6 is 62.2 Å². The topological polar surface area (TPSA) is 102 Å². The maximum absolute atomic E-state index is 13.7. The van der Waals surface area contributed by atoms with Crippen LogP contribution in [0.15, 0.2) is 105 Å². The number of carbonyl (C=O) groups excluding carboxylic acids is 2. The fourth-order valence-corrected chi connectivity index (χ4v) is 7.64. The van der Waals surface area contributed by atoms with Crippen molar-refractivity contribution in [1.82, 2.24) is 10.2 Å². The van der Waals surface area contributed by atoms with Gasteiger partial charge in [0.25, 0.3) is 5.78 Å². The first-order chi connectivity index (χ1) is 22.7. The molecule has 1 aromatic heterocycles. The molecule has 5 aromatic rings. The van der Waals surface area contributed by atoms with Crippen LogP contribution in [-0.2, 0) is 21.9 Å². The molecule has 1 aliphatic rings. The zero-order valence-electron chi connectivity index (χ0n) is 24.5. The Hall–Kier alpha value is -3.87. The van der Waals surface area contributed by atoms with E-state index in [4.69, 9.17) is 32.7 Å². The number of hydrogen-bond donors (Lipinski definition) is 1. The minimum Gasteiger partial charge on any atom is -0.507 e. The average molecular weight is 770 g/mol. The highest BCUT2D eigenvalue weighted by Gasteiger charge is 2.48. The monoisotopic (exact) mass is 767 g/mol. The second-order valence-corrected chi connectivity index (χ2v) is 14.2. The Kier molecular flexibility index (Phi) is 10.2. The van der Waals surface area contributed by atoms with Gasteiger partial charge in [-0.15, -0.1) is 10.2 Å². The van der Waals surface area contributed by atoms with E-state index in [9.17, 15) is 14.7 Å². The Morgan fingerprint density at radius 2 is 1.74 bits per heavy atom. The second kappa shape index (κ2) is 14.5. The molecule has 0 radical (unpaired) electrons. The Bertz CT molecular complexity index is 1990. The minimum atomic E-state index is -1.03. The maximum atomic E-state index is 13.7. The number of aromatic nitrogens is 2. The molecule has 1 saturated heterocycles. The summed E-state index contributed by atoms with van der Waals surface area (Å²) in [4.78, 5) is 28.6. The van der Waals surface area contributed by atoms with Crippen LogP contribution in [0.4, 0.5) is 5.13 Å². The molecular formula is C34H24BrCl2N3O5S2. The molecule has 1 aliphatic heterocycles. The Morgan fingerprint density at radius 3 is 2.47 bits per heavy atom. The number of rotatable bonds is 10. The third-order valence-corrected chi connectivity index (χ3v) is 10.5. The number of ketones is 1. The largest absolute Gasteiger partial charge is 0.507 e. The van der Waals surface area contributed by atoms with Gasteiger partial charge in [-0.2, -0.15) is 0 Å². The Balaban J connectivity index is 1.37. The van der Waals surface area contributed by atoms with E-state index in [1.165, 1.54) is 23.8 Å². The van der Waals surface area contributed by atoms with Gasteiger partial charge in [-0.3, -0.25) is 14.5 Å². The van der Waals surface area contributed by atoms with Gasteiger partial charge in [0.05, 0.1) is 18.7 Å². The van der Waals surface area contributed by atoms with Gasteiger partial charge >= 0.3 is 5.91 Å². The number of aliphatic hydroxyl groups is 1. The van der Waals surface area contributed by atoms with Gasteiger partial charge in [-0.25, -0.2) is 0 Å². The van der Waals surface area contributed by atoms with Gasteiger partial charge in [0.1, 0.15) is 12.4 Å². The average Bonchev–Trinajstić information content (AvgIpc) is 3.65. The van der Waals surface area contributed by atoms with Gasteiger partial charge in [0.2, 0.25) is 5.13 Å². The molecule has 1 amide bonds. The molecule has 6 rings (SSSR count). The number of halogens is 3. The number of Topliss-reactive ketones (excluding diaryl/α,β-unsaturated/α-hetero) is 1. The number of carbonyl (C=O) groups is 2. The number of aliphatic hydroxyl groups excluding tert-OH is 1. The molecule has 4 aromatic carbocycles. The molecule has 0 bridgehead atoms. The quantitative estimate of drug-likeness (QED) is 0.0494. The lowest BCUT2D eigenvalue weighted by molar-refractivity contribution is -0.132. The Morgan fingerprint density at radius 1 is 0.979 bits per heavy atom. The first-order valence-corrected chi connectivity index (χ1v) is 17.4. The summed E-state index contributed by atoms with van der Waals surface area (Å²) < 4.78 is 13.1. The van der Waals surface area contributed by atoms with Crippen LogP contribution in [0.1, 0.15) is 28.3 Å². The van der Waals surface area contributed by atoms with Crippen LogP contribution in [0.25, 0.3) is 5.76 Å². The van der Waals surface area contributed by atoms with Crippen molar-refractivity contribution in [3.8, 4) is 11.5 Å². The number of benzene rings is 4. The van der Waals surface area contributed by atoms with Crippen molar-refractivity contribution in [1.29, 1.82) is 0 Å². The number of hydrogen-bond acceptors (Lipinski definition) is 9. The third-order valence-electron chi connectivity index (χ3n) is 7.27. The third kappa shape index (κ3) is 7.19. The predicted molar refractivity (Wildman–Crippen MR) is 189 cm³/mol. The summed E-state index contributed by atoms with van der Waals surface area (Å²) in [6, 6.07) is 25.9. The van der Waals surface area contributed by atoms with Gasteiger partial charge < -0.3 is 14.6 Å². The maximum Gasteiger partial charge on any atom is 0.301 e. The van der Waals surface area contributed by atoms with E-state index < -0.39 is 17.7 Å². The predicted octanol–water partition coefficient (Wildman–Crippen LogP) is 9.11. The van der Waals surface area contributed by atoms with E-state index in [2.05, 4.69) is 26.1 Å². The fraction of sp³-hybridized carbons (Fsp3) is 0.118. The van der Waals surface area contributed by atoms with E-state index in [-0.39, 0.29) is 16.5 Å². The van der Waals surface area contributed by atoms with Gasteiger partial charge in [-0.1, -0.05) is 117 Å². The highest BCUT2D eigenvalue weighted by Crippen LogP contribution is 2.46. The number of methoxy groups -OCH3 is 1. The van der Waals surface area contributed by atoms with Crippen LogP contribution in [0, 0.1) is 0 Å². The number of anilines is 1. The number of thioether (sulfide) groups is 1. The number of amides is 1. The smallest absolute Gasteiger partial charge is 0.301 e. The molecule has 13 heteroatoms. The summed E-state index contributed by atoms with van der Waals surface area (Å²) in [6.45, 7) is 0.311. The van der Waals surface area contributed by atoms with Crippen molar-refractivity contribution < 1.29 is 24.2 Å². The van der Waals surface area contributed by atoms with Crippen LogP contribution in [0.5, 0.6) is 11.5 Å². The molecule has 1 fully saturated rings. The number of ether oxygens (including phenoxy) is 2. The standard InChI is InChI=1S/C34H24BrCl2N3O5S2/c1-44-27-15-21(10-14-26(27)45-17-19-5-3-2-4-6-19)29-28(30(41)20-7-11-23(35)12-8-20)31(42)32(43)40(29)33-38-39-34(47-33)46-18-22-9-13-24(36)16-25(22)37/h2-16,29,41H,17-18H2,1H3/b30-28-. The van der Waals surface area contributed by atoms with Crippen molar-refractivity contribution in [2.24, 2.45) is 0 Å². The first kappa shape index (κ1) is 33.0. The zero-order valence-corrected chi connectivity index (χ0v) is 29.3. The highest BCUT2D eigenvalue weighted by atomic mass is 79.9. The van der Waals surface area contributed by atoms with Gasteiger partial charge in [0.15, 0.2) is 15.8 Å². The fourth-order valence-electron chi connectivity index (χ4n) is 4.95. The SMILES string of the molecule is COc1cc(C2/C(=C(/O)c3ccc(Br)cc3)C(=O)C(=O)N2c2nnc(SCc3ccc(Cl)cc3Cl)s2)ccc1OCc1ccccc1. The molecule has 0 aliphatic carbocycles. The molecule has 1 N–H and O–H groups in total. The second-order valence-electron chi connectivity index (χ2n) is 10.2. The molecule has 47 heavy (non-hydrogen) atoms. The van der Waals surface area contributed by atoms with Gasteiger partial charge in [-0.05, 0) is 53.1 Å². The summed E-state index contributed by atoms with van der Waals surface area (Å²) in [5, 5.41) is 21.3. The van der Waals surface area contributed by atoms with E-state index >= 15 is 0 Å². The molecule has 238 valence electrons. The van der Waals surface area contributed by atoms with Gasteiger partial charge in [0, 0.05) is 25.8 Å². The van der Waals surface area contributed by atoms with Crippen molar-refractivity contribution >= 4 is 84.8 Å². The minimum absolute atomic E-state index is 0.0883. The van der Waals surface area contributed by atoms with Crippen LogP contribution < -0.4 is 14.4 Å². The summed E-state index contributed by atoms with van der Waals surface area (Å²) >= 11 is 18.3. The van der Waals surface area contributed by atoms with Crippen molar-refractivity contribution in [2.45, 2.75) is 22.7 Å². The summed E-state index contributed by atoms with van der Waals surface area (Å²) in [5.74, 6) is -0.663. The molecule has 0 spiro atoms. The molecular weight excluding hydrogens is 745 g/mol. The molecule has 8 nitrogen and oxygen atoms in total. The number of nitrogens with zero attached hydrogens (tertiary/aromatic N) is 3. The van der Waals surface area contributed by atoms with E-state index in [0.29, 0.717) is 49.4 Å². The molecule has 0 saturated carbocycles. The summed E-state index contributed by atoms with van der Waals surface area (Å²) in [5.41, 5.74) is 2.62. The lowest BCUT2D eigenvalue weighted by atomic mass is 9.95. The summed E-state index contributed by atoms with van der Waals surface area (Å²) in [7, 11) is 1.51. The zero-order chi connectivity index (χ0) is 33.1. The van der Waals surface area contributed by atoms with Crippen molar-refractivity contribution in [3.05, 3.63) is 133 Å². The first-order valence-electron chi connectivity index (χ1n) is 14.1. The molecule has 1 unspecified atom stereocenters. The van der Waals surface area contributed by atoms with Crippen molar-refractivity contribution in [3.63, 3.8) is 0 Å². The normalized spacial score (nSPS) is 15.7. The van der Waals surface area contributed by atoms with E-state index in [1.807, 2.05) is 36.4 Å². The van der Waals surface area contributed by atoms with E-state index in [1.54, 1.807) is 54.6 Å². The summed E-state index contributed by atoms with van der Waals surface area (Å²) in [6.07, 6.45) is 0. The van der Waals surface area contributed by atoms with Crippen LogP contribution in [0.2, 0.25) is 10.0 Å². The molecule has 2 heterocycles. The lowest BCUT2D eigenvalue weighted by Crippen LogP contribution is -2.29. The van der Waals surface area contributed by atoms with E-state index in [0.717, 1.165) is 26.9 Å². The Labute approximate surface area is 297 Å².